The number of hydrogen-bond acceptors (Lipinski definition) is 3. The molecule has 148 valence electrons. The number of carbonyl (C=O) groups excluding carboxylic acids is 2. The monoisotopic (exact) mass is 379 g/mol. The molecule has 2 amide bonds. The van der Waals surface area contributed by atoms with Crippen molar-refractivity contribution in [3.63, 3.8) is 0 Å². The molecule has 0 bridgehead atoms. The van der Waals surface area contributed by atoms with E-state index in [0.29, 0.717) is 18.7 Å². The number of amides is 2. The van der Waals surface area contributed by atoms with Crippen molar-refractivity contribution in [2.24, 2.45) is 0 Å². The quantitative estimate of drug-likeness (QED) is 0.886. The number of anilines is 1. The highest BCUT2D eigenvalue weighted by Crippen LogP contribution is 2.17. The highest BCUT2D eigenvalue weighted by atomic mass is 16.2. The molecule has 0 radical (unpaired) electrons. The van der Waals surface area contributed by atoms with Crippen LogP contribution >= 0.6 is 0 Å². The molecule has 1 N–H and O–H groups in total. The van der Waals surface area contributed by atoms with Crippen LogP contribution in [0.4, 0.5) is 5.69 Å². The van der Waals surface area contributed by atoms with E-state index in [-0.39, 0.29) is 17.9 Å². The normalized spacial score (nSPS) is 14.6. The topological polar surface area (TPSA) is 52.7 Å². The molecule has 0 aliphatic carbocycles. The first-order chi connectivity index (χ1) is 13.3. The van der Waals surface area contributed by atoms with E-state index in [1.54, 1.807) is 0 Å². The number of benzene rings is 2. The van der Waals surface area contributed by atoms with E-state index in [4.69, 9.17) is 0 Å². The van der Waals surface area contributed by atoms with Crippen LogP contribution in [0.15, 0.2) is 42.5 Å². The fourth-order valence-corrected chi connectivity index (χ4v) is 3.46. The van der Waals surface area contributed by atoms with Crippen LogP contribution in [0.25, 0.3) is 0 Å². The fraction of sp³-hybridized carbons (Fsp3) is 0.391. The van der Waals surface area contributed by atoms with Gasteiger partial charge >= 0.3 is 0 Å². The average molecular weight is 380 g/mol. The van der Waals surface area contributed by atoms with Crippen molar-refractivity contribution >= 4 is 17.5 Å². The van der Waals surface area contributed by atoms with Gasteiger partial charge in [0.2, 0.25) is 0 Å². The Labute approximate surface area is 167 Å². The summed E-state index contributed by atoms with van der Waals surface area (Å²) in [6.07, 6.45) is 1.55. The Morgan fingerprint density at radius 2 is 1.54 bits per heavy atom. The highest BCUT2D eigenvalue weighted by Gasteiger charge is 2.25. The third kappa shape index (κ3) is 4.53. The minimum Gasteiger partial charge on any atom is -0.378 e. The van der Waals surface area contributed by atoms with Gasteiger partial charge in [0.15, 0.2) is 0 Å². The van der Waals surface area contributed by atoms with Crippen LogP contribution in [-0.4, -0.2) is 49.9 Å². The van der Waals surface area contributed by atoms with E-state index in [2.05, 4.69) is 5.32 Å². The van der Waals surface area contributed by atoms with Crippen molar-refractivity contribution < 1.29 is 9.59 Å². The molecule has 3 rings (SSSR count). The van der Waals surface area contributed by atoms with Gasteiger partial charge in [-0.3, -0.25) is 9.59 Å². The number of hydrogen-bond donors (Lipinski definition) is 1. The second-order valence-corrected chi connectivity index (χ2v) is 7.78. The van der Waals surface area contributed by atoms with E-state index in [1.807, 2.05) is 80.2 Å². The molecule has 1 aliphatic rings. The first-order valence-electron chi connectivity index (χ1n) is 9.80. The lowest BCUT2D eigenvalue weighted by molar-refractivity contribution is 0.0698. The smallest absolute Gasteiger partial charge is 0.253 e. The van der Waals surface area contributed by atoms with Gasteiger partial charge in [0.25, 0.3) is 11.8 Å². The third-order valence-corrected chi connectivity index (χ3v) is 5.52. The summed E-state index contributed by atoms with van der Waals surface area (Å²) in [6.45, 7) is 5.40. The fourth-order valence-electron chi connectivity index (χ4n) is 3.46. The zero-order valence-electron chi connectivity index (χ0n) is 17.2. The van der Waals surface area contributed by atoms with Crippen LogP contribution in [0.5, 0.6) is 0 Å². The maximum Gasteiger partial charge on any atom is 0.253 e. The third-order valence-electron chi connectivity index (χ3n) is 5.52. The Morgan fingerprint density at radius 3 is 2.11 bits per heavy atom. The maximum absolute atomic E-state index is 12.7. The minimum atomic E-state index is -0.0516. The molecular weight excluding hydrogens is 350 g/mol. The van der Waals surface area contributed by atoms with Crippen LogP contribution < -0.4 is 10.2 Å². The van der Waals surface area contributed by atoms with Crippen molar-refractivity contribution in [1.29, 1.82) is 0 Å². The summed E-state index contributed by atoms with van der Waals surface area (Å²) in [4.78, 5) is 29.1. The molecule has 5 heteroatoms. The summed E-state index contributed by atoms with van der Waals surface area (Å²) in [5, 5.41) is 3.11. The lowest BCUT2D eigenvalue weighted by Gasteiger charge is -2.32. The maximum atomic E-state index is 12.7. The molecule has 28 heavy (non-hydrogen) atoms. The summed E-state index contributed by atoms with van der Waals surface area (Å²) in [7, 11) is 3.95. The first kappa shape index (κ1) is 19.9. The Morgan fingerprint density at radius 1 is 0.929 bits per heavy atom. The predicted molar refractivity (Wildman–Crippen MR) is 113 cm³/mol. The van der Waals surface area contributed by atoms with Crippen LogP contribution in [0, 0.1) is 13.8 Å². The summed E-state index contributed by atoms with van der Waals surface area (Å²) in [5.74, 6) is 0.0244. The number of nitrogens with one attached hydrogen (secondary N) is 1. The lowest BCUT2D eigenvalue weighted by Crippen LogP contribution is -2.46. The molecule has 1 aliphatic heterocycles. The van der Waals surface area contributed by atoms with Gasteiger partial charge < -0.3 is 15.1 Å². The van der Waals surface area contributed by atoms with Crippen LogP contribution in [0.1, 0.15) is 44.7 Å². The average Bonchev–Trinajstić information content (AvgIpc) is 2.70. The van der Waals surface area contributed by atoms with E-state index >= 15 is 0 Å². The second kappa shape index (κ2) is 8.46. The largest absolute Gasteiger partial charge is 0.378 e. The molecule has 0 spiro atoms. The van der Waals surface area contributed by atoms with Gasteiger partial charge in [-0.15, -0.1) is 0 Å². The number of carbonyl (C=O) groups is 2. The standard InChI is InChI=1S/C23H29N3O2/c1-16-5-6-19(15-17(16)2)23(28)26-13-11-20(12-14-26)24-22(27)18-7-9-21(10-8-18)25(3)4/h5-10,15,20H,11-14H2,1-4H3,(H,24,27). The van der Waals surface area contributed by atoms with Gasteiger partial charge in [-0.1, -0.05) is 6.07 Å². The van der Waals surface area contributed by atoms with Crippen LogP contribution in [0.3, 0.4) is 0 Å². The molecule has 2 aromatic carbocycles. The van der Waals surface area contributed by atoms with E-state index in [0.717, 1.165) is 29.7 Å². The molecule has 1 heterocycles. The minimum absolute atomic E-state index is 0.0516. The molecule has 1 saturated heterocycles. The van der Waals surface area contributed by atoms with E-state index in [1.165, 1.54) is 5.56 Å². The van der Waals surface area contributed by atoms with Gasteiger partial charge in [0.1, 0.15) is 0 Å². The molecule has 0 atom stereocenters. The SMILES string of the molecule is Cc1ccc(C(=O)N2CCC(NC(=O)c3ccc(N(C)C)cc3)CC2)cc1C. The first-order valence-corrected chi connectivity index (χ1v) is 9.80. The molecule has 2 aromatic rings. The van der Waals surface area contributed by atoms with Crippen molar-refractivity contribution in [3.05, 3.63) is 64.7 Å². The van der Waals surface area contributed by atoms with Crippen LogP contribution in [0.2, 0.25) is 0 Å². The number of aryl methyl sites for hydroxylation is 2. The molecule has 1 fully saturated rings. The van der Waals surface area contributed by atoms with Crippen molar-refractivity contribution in [2.75, 3.05) is 32.1 Å². The Kier molecular flexibility index (Phi) is 6.02. The van der Waals surface area contributed by atoms with E-state index in [9.17, 15) is 9.59 Å². The second-order valence-electron chi connectivity index (χ2n) is 7.78. The number of rotatable bonds is 4. The van der Waals surface area contributed by atoms with E-state index < -0.39 is 0 Å². The molecular formula is C23H29N3O2. The molecule has 0 aromatic heterocycles. The number of piperidine rings is 1. The molecule has 0 saturated carbocycles. The van der Waals surface area contributed by atoms with Gasteiger partial charge in [0.05, 0.1) is 0 Å². The van der Waals surface area contributed by atoms with Crippen LogP contribution in [-0.2, 0) is 0 Å². The van der Waals surface area contributed by atoms with Crippen molar-refractivity contribution in [3.8, 4) is 0 Å². The Bertz CT molecular complexity index is 851. The zero-order chi connectivity index (χ0) is 20.3. The number of likely N-dealkylation sites (tertiary alicyclic amines) is 1. The summed E-state index contributed by atoms with van der Waals surface area (Å²) < 4.78 is 0. The lowest BCUT2D eigenvalue weighted by atomic mass is 10.0. The van der Waals surface area contributed by atoms with Gasteiger partial charge in [-0.05, 0) is 74.2 Å². The Balaban J connectivity index is 1.54. The molecule has 5 nitrogen and oxygen atoms in total. The predicted octanol–water partition coefficient (Wildman–Crippen LogP) is 3.40. The molecule has 0 unspecified atom stereocenters. The van der Waals surface area contributed by atoms with Gasteiger partial charge in [-0.2, -0.15) is 0 Å². The summed E-state index contributed by atoms with van der Waals surface area (Å²) in [5.41, 5.74) is 4.80. The summed E-state index contributed by atoms with van der Waals surface area (Å²) >= 11 is 0. The summed E-state index contributed by atoms with van der Waals surface area (Å²) in [6, 6.07) is 13.5. The van der Waals surface area contributed by atoms with Crippen molar-refractivity contribution in [2.45, 2.75) is 32.7 Å². The van der Waals surface area contributed by atoms with Crippen molar-refractivity contribution in [1.82, 2.24) is 10.2 Å². The number of nitrogens with zero attached hydrogens (tertiary/aromatic N) is 2. The zero-order valence-corrected chi connectivity index (χ0v) is 17.2. The highest BCUT2D eigenvalue weighted by molar-refractivity contribution is 5.95. The van der Waals surface area contributed by atoms with Gasteiger partial charge in [-0.25, -0.2) is 0 Å². The Hall–Kier alpha value is -2.82. The van der Waals surface area contributed by atoms with Gasteiger partial charge in [0, 0.05) is 50.0 Å².